The minimum absolute atomic E-state index is 0.0853. The lowest BCUT2D eigenvalue weighted by atomic mass is 9.98. The Bertz CT molecular complexity index is 592. The number of hydrogen-bond donors (Lipinski definition) is 3. The minimum atomic E-state index is -0.762. The number of amides is 2. The molecule has 0 aliphatic heterocycles. The first-order valence-electron chi connectivity index (χ1n) is 7.12. The molecule has 0 aliphatic carbocycles. The third-order valence-electron chi connectivity index (χ3n) is 3.86. The Hall–Kier alpha value is -2.31. The van der Waals surface area contributed by atoms with Gasteiger partial charge in [-0.1, -0.05) is 20.3 Å². The Morgan fingerprint density at radius 1 is 1.32 bits per heavy atom. The first kappa shape index (κ1) is 17.7. The van der Waals surface area contributed by atoms with Gasteiger partial charge in [-0.2, -0.15) is 0 Å². The molecule has 2 unspecified atom stereocenters. The summed E-state index contributed by atoms with van der Waals surface area (Å²) >= 11 is 0. The van der Waals surface area contributed by atoms with E-state index in [0.29, 0.717) is 23.2 Å². The van der Waals surface area contributed by atoms with Crippen LogP contribution in [0.15, 0.2) is 0 Å². The van der Waals surface area contributed by atoms with Gasteiger partial charge in [0.2, 0.25) is 5.91 Å². The molecule has 0 aromatic carbocycles. The van der Waals surface area contributed by atoms with Crippen molar-refractivity contribution in [3.05, 3.63) is 22.5 Å². The number of aryl methyl sites for hydroxylation is 1. The molecule has 1 rings (SSSR count). The van der Waals surface area contributed by atoms with Gasteiger partial charge in [-0.3, -0.25) is 9.59 Å². The standard InChI is InChI=1S/C15H23N3O4/c1-6-7(2)11(13(16)19)18-14(20)12-8(3)10(9(4)17-12)15(21)22-5/h7,11,17H,6H2,1-5H3,(H2,16,19)(H,18,20). The highest BCUT2D eigenvalue weighted by Crippen LogP contribution is 2.19. The number of hydrogen-bond acceptors (Lipinski definition) is 4. The fourth-order valence-corrected chi connectivity index (χ4v) is 2.33. The van der Waals surface area contributed by atoms with Gasteiger partial charge < -0.3 is 20.8 Å². The zero-order valence-electron chi connectivity index (χ0n) is 13.6. The Morgan fingerprint density at radius 2 is 1.91 bits per heavy atom. The summed E-state index contributed by atoms with van der Waals surface area (Å²) in [5.74, 6) is -1.66. The van der Waals surface area contributed by atoms with E-state index in [0.717, 1.165) is 0 Å². The van der Waals surface area contributed by atoms with Crippen molar-refractivity contribution in [2.75, 3.05) is 7.11 Å². The fraction of sp³-hybridized carbons (Fsp3) is 0.533. The van der Waals surface area contributed by atoms with E-state index in [4.69, 9.17) is 10.5 Å². The number of rotatable bonds is 6. The van der Waals surface area contributed by atoms with Gasteiger partial charge in [0.15, 0.2) is 0 Å². The zero-order valence-corrected chi connectivity index (χ0v) is 13.6. The van der Waals surface area contributed by atoms with E-state index in [-0.39, 0.29) is 11.6 Å². The summed E-state index contributed by atoms with van der Waals surface area (Å²) in [6, 6.07) is -0.762. The molecule has 1 heterocycles. The number of aromatic amines is 1. The molecule has 0 saturated heterocycles. The van der Waals surface area contributed by atoms with Crippen LogP contribution >= 0.6 is 0 Å². The van der Waals surface area contributed by atoms with Gasteiger partial charge in [0.05, 0.1) is 12.7 Å². The Labute approximate surface area is 129 Å². The smallest absolute Gasteiger partial charge is 0.339 e. The Kier molecular flexibility index (Phi) is 5.73. The first-order valence-corrected chi connectivity index (χ1v) is 7.12. The molecule has 7 heteroatoms. The van der Waals surface area contributed by atoms with Crippen LogP contribution in [0, 0.1) is 19.8 Å². The molecular formula is C15H23N3O4. The van der Waals surface area contributed by atoms with E-state index in [9.17, 15) is 14.4 Å². The molecule has 0 bridgehead atoms. The lowest BCUT2D eigenvalue weighted by Gasteiger charge is -2.21. The van der Waals surface area contributed by atoms with Crippen LogP contribution in [-0.2, 0) is 9.53 Å². The average molecular weight is 309 g/mol. The van der Waals surface area contributed by atoms with Gasteiger partial charge >= 0.3 is 5.97 Å². The van der Waals surface area contributed by atoms with Gasteiger partial charge in [0.25, 0.3) is 5.91 Å². The van der Waals surface area contributed by atoms with E-state index in [1.807, 2.05) is 13.8 Å². The molecule has 7 nitrogen and oxygen atoms in total. The van der Waals surface area contributed by atoms with E-state index >= 15 is 0 Å². The van der Waals surface area contributed by atoms with Gasteiger partial charge in [0, 0.05) is 5.69 Å². The van der Waals surface area contributed by atoms with Crippen LogP contribution in [-0.4, -0.2) is 35.9 Å². The van der Waals surface area contributed by atoms with Gasteiger partial charge in [-0.15, -0.1) is 0 Å². The topological polar surface area (TPSA) is 114 Å². The van der Waals surface area contributed by atoms with Crippen LogP contribution in [0.25, 0.3) is 0 Å². The van der Waals surface area contributed by atoms with Crippen molar-refractivity contribution < 1.29 is 19.1 Å². The molecule has 0 saturated carbocycles. The van der Waals surface area contributed by atoms with Crippen molar-refractivity contribution in [2.45, 2.75) is 40.2 Å². The van der Waals surface area contributed by atoms with Crippen molar-refractivity contribution in [2.24, 2.45) is 11.7 Å². The summed E-state index contributed by atoms with van der Waals surface area (Å²) in [6.45, 7) is 7.07. The van der Waals surface area contributed by atoms with E-state index < -0.39 is 23.8 Å². The van der Waals surface area contributed by atoms with Crippen LogP contribution in [0.2, 0.25) is 0 Å². The summed E-state index contributed by atoms with van der Waals surface area (Å²) in [7, 11) is 1.28. The first-order chi connectivity index (χ1) is 10.2. The maximum absolute atomic E-state index is 12.4. The molecule has 22 heavy (non-hydrogen) atoms. The molecule has 4 N–H and O–H groups in total. The predicted octanol–water partition coefficient (Wildman–Crippen LogP) is 1.05. The van der Waals surface area contributed by atoms with Crippen LogP contribution in [0.4, 0.5) is 0 Å². The number of methoxy groups -OCH3 is 1. The number of aromatic nitrogens is 1. The Balaban J connectivity index is 3.09. The second-order valence-corrected chi connectivity index (χ2v) is 5.36. The van der Waals surface area contributed by atoms with Crippen LogP contribution in [0.3, 0.4) is 0 Å². The summed E-state index contributed by atoms with van der Waals surface area (Å²) in [5, 5.41) is 2.62. The second-order valence-electron chi connectivity index (χ2n) is 5.36. The number of H-pyrrole nitrogens is 1. The number of primary amides is 1. The molecule has 122 valence electrons. The number of ether oxygens (including phenoxy) is 1. The van der Waals surface area contributed by atoms with Crippen molar-refractivity contribution in [1.29, 1.82) is 0 Å². The van der Waals surface area contributed by atoms with Crippen molar-refractivity contribution >= 4 is 17.8 Å². The summed E-state index contributed by atoms with van der Waals surface area (Å²) in [4.78, 5) is 38.5. The van der Waals surface area contributed by atoms with Crippen LogP contribution < -0.4 is 11.1 Å². The monoisotopic (exact) mass is 309 g/mol. The molecule has 1 aromatic rings. The highest BCUT2D eigenvalue weighted by Gasteiger charge is 2.27. The third-order valence-corrected chi connectivity index (χ3v) is 3.86. The number of carbonyl (C=O) groups excluding carboxylic acids is 3. The average Bonchev–Trinajstić information content (AvgIpc) is 2.77. The molecular weight excluding hydrogens is 286 g/mol. The number of nitrogens with two attached hydrogens (primary N) is 1. The van der Waals surface area contributed by atoms with Gasteiger partial charge in [-0.05, 0) is 25.3 Å². The number of esters is 1. The molecule has 1 aromatic heterocycles. The molecule has 2 amide bonds. The van der Waals surface area contributed by atoms with E-state index in [1.54, 1.807) is 13.8 Å². The predicted molar refractivity (Wildman–Crippen MR) is 81.5 cm³/mol. The normalized spacial score (nSPS) is 13.3. The molecule has 0 fully saturated rings. The maximum atomic E-state index is 12.4. The van der Waals surface area contributed by atoms with Crippen molar-refractivity contribution in [1.82, 2.24) is 10.3 Å². The molecule has 2 atom stereocenters. The third kappa shape index (κ3) is 3.47. The van der Waals surface area contributed by atoms with Crippen molar-refractivity contribution in [3.63, 3.8) is 0 Å². The van der Waals surface area contributed by atoms with Crippen LogP contribution in [0.1, 0.15) is 52.4 Å². The largest absolute Gasteiger partial charge is 0.465 e. The molecule has 0 radical (unpaired) electrons. The molecule has 0 aliphatic rings. The number of nitrogens with one attached hydrogen (secondary N) is 2. The number of carbonyl (C=O) groups is 3. The summed E-state index contributed by atoms with van der Waals surface area (Å²) < 4.78 is 4.70. The molecule has 0 spiro atoms. The van der Waals surface area contributed by atoms with E-state index in [2.05, 4.69) is 10.3 Å². The minimum Gasteiger partial charge on any atom is -0.465 e. The maximum Gasteiger partial charge on any atom is 0.339 e. The lowest BCUT2D eigenvalue weighted by Crippen LogP contribution is -2.48. The highest BCUT2D eigenvalue weighted by atomic mass is 16.5. The summed E-state index contributed by atoms with van der Waals surface area (Å²) in [6.07, 6.45) is 0.698. The quantitative estimate of drug-likeness (QED) is 0.681. The van der Waals surface area contributed by atoms with Gasteiger partial charge in [0.1, 0.15) is 11.7 Å². The lowest BCUT2D eigenvalue weighted by molar-refractivity contribution is -0.120. The zero-order chi connectivity index (χ0) is 17.0. The SMILES string of the molecule is CCC(C)C(NC(=O)c1[nH]c(C)c(C(=O)OC)c1C)C(N)=O. The van der Waals surface area contributed by atoms with Crippen LogP contribution in [0.5, 0.6) is 0 Å². The van der Waals surface area contributed by atoms with E-state index in [1.165, 1.54) is 7.11 Å². The second kappa shape index (κ2) is 7.11. The Morgan fingerprint density at radius 3 is 2.36 bits per heavy atom. The van der Waals surface area contributed by atoms with Crippen molar-refractivity contribution in [3.8, 4) is 0 Å². The highest BCUT2D eigenvalue weighted by molar-refractivity contribution is 6.01. The van der Waals surface area contributed by atoms with Gasteiger partial charge in [-0.25, -0.2) is 4.79 Å². The fourth-order valence-electron chi connectivity index (χ4n) is 2.33. The summed E-state index contributed by atoms with van der Waals surface area (Å²) in [5.41, 5.74) is 6.92.